The molecule has 2 aliphatic rings. The lowest BCUT2D eigenvalue weighted by Crippen LogP contribution is -2.40. The minimum absolute atomic E-state index is 0.107. The van der Waals surface area contributed by atoms with E-state index in [0.29, 0.717) is 17.6 Å². The molecule has 6 nitrogen and oxygen atoms in total. The second-order valence-electron chi connectivity index (χ2n) is 6.88. The molecule has 1 aromatic heterocycles. The van der Waals surface area contributed by atoms with E-state index in [1.807, 2.05) is 18.1 Å². The highest BCUT2D eigenvalue weighted by molar-refractivity contribution is 5.95. The number of carbonyl (C=O) groups excluding carboxylic acids is 1. The monoisotopic (exact) mass is 306 g/mol. The van der Waals surface area contributed by atoms with Crippen LogP contribution in [0, 0.1) is 5.41 Å². The molecule has 0 atom stereocenters. The summed E-state index contributed by atoms with van der Waals surface area (Å²) in [6.07, 6.45) is 5.35. The summed E-state index contributed by atoms with van der Waals surface area (Å²) in [5.41, 5.74) is 1.76. The van der Waals surface area contributed by atoms with Crippen molar-refractivity contribution in [3.8, 4) is 0 Å². The Morgan fingerprint density at radius 2 is 1.95 bits per heavy atom. The van der Waals surface area contributed by atoms with Crippen molar-refractivity contribution in [3.63, 3.8) is 0 Å². The van der Waals surface area contributed by atoms with Crippen LogP contribution in [-0.4, -0.2) is 65.8 Å². The molecule has 22 heavy (non-hydrogen) atoms. The summed E-state index contributed by atoms with van der Waals surface area (Å²) in [7, 11) is 5.65. The van der Waals surface area contributed by atoms with Crippen LogP contribution >= 0.6 is 0 Å². The van der Waals surface area contributed by atoms with Crippen molar-refractivity contribution in [1.29, 1.82) is 0 Å². The lowest BCUT2D eigenvalue weighted by Gasteiger charge is -2.37. The van der Waals surface area contributed by atoms with Crippen LogP contribution in [0.25, 0.3) is 0 Å². The van der Waals surface area contributed by atoms with Gasteiger partial charge in [-0.3, -0.25) is 9.48 Å². The van der Waals surface area contributed by atoms with Gasteiger partial charge in [0, 0.05) is 33.4 Å². The normalized spacial score (nSPS) is 21.7. The smallest absolute Gasteiger partial charge is 0.257 e. The number of carbonyl (C=O) groups is 1. The van der Waals surface area contributed by atoms with E-state index >= 15 is 0 Å². The van der Waals surface area contributed by atoms with E-state index in [9.17, 15) is 4.79 Å². The van der Waals surface area contributed by atoms with E-state index in [1.54, 1.807) is 11.8 Å². The average molecular weight is 306 g/mol. The zero-order valence-corrected chi connectivity index (χ0v) is 13.8. The van der Waals surface area contributed by atoms with Crippen molar-refractivity contribution < 1.29 is 9.53 Å². The molecule has 3 heterocycles. The molecular weight excluding hydrogens is 280 g/mol. The number of nitrogens with zero attached hydrogens (tertiary/aromatic N) is 4. The molecule has 2 aliphatic heterocycles. The number of aryl methyl sites for hydroxylation is 1. The molecule has 1 amide bonds. The molecule has 6 heteroatoms. The molecule has 2 fully saturated rings. The molecule has 2 saturated heterocycles. The number of amides is 1. The van der Waals surface area contributed by atoms with E-state index in [2.05, 4.69) is 17.0 Å². The molecule has 0 bridgehead atoms. The molecule has 0 unspecified atom stereocenters. The van der Waals surface area contributed by atoms with Gasteiger partial charge in [0.25, 0.3) is 5.91 Å². The Morgan fingerprint density at radius 3 is 2.64 bits per heavy atom. The van der Waals surface area contributed by atoms with Crippen molar-refractivity contribution >= 4 is 5.91 Å². The molecule has 0 aliphatic carbocycles. The van der Waals surface area contributed by atoms with E-state index in [4.69, 9.17) is 4.74 Å². The standard InChI is InChI=1S/C16H26N4O2/c1-18-7-4-16(5-8-18)6-9-20(12-16)15(21)13-10-19(2)17-14(13)11-22-3/h10H,4-9,11-12H2,1-3H3. The van der Waals surface area contributed by atoms with Crippen LogP contribution in [0.2, 0.25) is 0 Å². The minimum Gasteiger partial charge on any atom is -0.378 e. The van der Waals surface area contributed by atoms with Crippen LogP contribution in [-0.2, 0) is 18.4 Å². The van der Waals surface area contributed by atoms with Gasteiger partial charge in [-0.15, -0.1) is 0 Å². The fourth-order valence-electron chi connectivity index (χ4n) is 3.74. The van der Waals surface area contributed by atoms with Gasteiger partial charge in [-0.1, -0.05) is 0 Å². The zero-order valence-electron chi connectivity index (χ0n) is 13.8. The van der Waals surface area contributed by atoms with Crippen LogP contribution in [0.4, 0.5) is 0 Å². The first-order chi connectivity index (χ1) is 10.5. The third-order valence-electron chi connectivity index (χ3n) is 5.19. The zero-order chi connectivity index (χ0) is 15.7. The maximum Gasteiger partial charge on any atom is 0.257 e. The van der Waals surface area contributed by atoms with Crippen LogP contribution in [0.1, 0.15) is 35.3 Å². The van der Waals surface area contributed by atoms with Crippen LogP contribution < -0.4 is 0 Å². The lowest BCUT2D eigenvalue weighted by molar-refractivity contribution is 0.0732. The van der Waals surface area contributed by atoms with Crippen molar-refractivity contribution in [2.45, 2.75) is 25.9 Å². The summed E-state index contributed by atoms with van der Waals surface area (Å²) >= 11 is 0. The van der Waals surface area contributed by atoms with Gasteiger partial charge in [0.2, 0.25) is 0 Å². The molecule has 122 valence electrons. The second-order valence-corrected chi connectivity index (χ2v) is 6.88. The first-order valence-electron chi connectivity index (χ1n) is 8.02. The highest BCUT2D eigenvalue weighted by Crippen LogP contribution is 2.40. The molecule has 1 spiro atoms. The fourth-order valence-corrected chi connectivity index (χ4v) is 3.74. The van der Waals surface area contributed by atoms with Gasteiger partial charge in [-0.2, -0.15) is 5.10 Å². The Labute approximate surface area is 132 Å². The van der Waals surface area contributed by atoms with Gasteiger partial charge < -0.3 is 14.5 Å². The van der Waals surface area contributed by atoms with Crippen LogP contribution in [0.15, 0.2) is 6.20 Å². The summed E-state index contributed by atoms with van der Waals surface area (Å²) in [5, 5.41) is 4.34. The molecule has 0 N–H and O–H groups in total. The van der Waals surface area contributed by atoms with Gasteiger partial charge >= 0.3 is 0 Å². The highest BCUT2D eigenvalue weighted by atomic mass is 16.5. The van der Waals surface area contributed by atoms with Gasteiger partial charge in [0.1, 0.15) is 5.69 Å². The number of hydrogen-bond acceptors (Lipinski definition) is 4. The van der Waals surface area contributed by atoms with Crippen LogP contribution in [0.3, 0.4) is 0 Å². The Hall–Kier alpha value is -1.40. The summed E-state index contributed by atoms with van der Waals surface area (Å²) in [4.78, 5) is 17.3. The largest absolute Gasteiger partial charge is 0.378 e. The molecule has 0 aromatic carbocycles. The van der Waals surface area contributed by atoms with Crippen LogP contribution in [0.5, 0.6) is 0 Å². The Morgan fingerprint density at radius 1 is 1.27 bits per heavy atom. The maximum atomic E-state index is 12.9. The van der Waals surface area contributed by atoms with Crippen molar-refractivity contribution in [2.75, 3.05) is 40.3 Å². The van der Waals surface area contributed by atoms with Gasteiger partial charge in [0.15, 0.2) is 0 Å². The van der Waals surface area contributed by atoms with E-state index in [0.717, 1.165) is 38.3 Å². The predicted octanol–water partition coefficient (Wildman–Crippen LogP) is 1.12. The van der Waals surface area contributed by atoms with E-state index in [1.165, 1.54) is 12.8 Å². The first-order valence-corrected chi connectivity index (χ1v) is 8.02. The Balaban J connectivity index is 1.71. The van der Waals surface area contributed by atoms with E-state index in [-0.39, 0.29) is 5.91 Å². The molecule has 3 rings (SSSR count). The highest BCUT2D eigenvalue weighted by Gasteiger charge is 2.42. The third-order valence-corrected chi connectivity index (χ3v) is 5.19. The number of rotatable bonds is 3. The summed E-state index contributed by atoms with van der Waals surface area (Å²) in [6, 6.07) is 0. The molecule has 1 aromatic rings. The fraction of sp³-hybridized carbons (Fsp3) is 0.750. The number of hydrogen-bond donors (Lipinski definition) is 0. The molecule has 0 radical (unpaired) electrons. The van der Waals surface area contributed by atoms with Crippen molar-refractivity contribution in [2.24, 2.45) is 12.5 Å². The number of methoxy groups -OCH3 is 1. The number of aromatic nitrogens is 2. The quantitative estimate of drug-likeness (QED) is 0.840. The molecule has 0 saturated carbocycles. The minimum atomic E-state index is 0.107. The second kappa shape index (κ2) is 6.01. The van der Waals surface area contributed by atoms with E-state index < -0.39 is 0 Å². The lowest BCUT2D eigenvalue weighted by atomic mass is 9.78. The first kappa shape index (κ1) is 15.5. The number of likely N-dealkylation sites (tertiary alicyclic amines) is 2. The van der Waals surface area contributed by atoms with Gasteiger partial charge in [0.05, 0.1) is 12.2 Å². The summed E-state index contributed by atoms with van der Waals surface area (Å²) in [5.74, 6) is 0.107. The summed E-state index contributed by atoms with van der Waals surface area (Å²) < 4.78 is 6.86. The van der Waals surface area contributed by atoms with Crippen molar-refractivity contribution in [3.05, 3.63) is 17.5 Å². The average Bonchev–Trinajstić information content (AvgIpc) is 3.07. The topological polar surface area (TPSA) is 50.6 Å². The number of piperidine rings is 1. The van der Waals surface area contributed by atoms with Gasteiger partial charge in [-0.25, -0.2) is 0 Å². The Bertz CT molecular complexity index is 546. The van der Waals surface area contributed by atoms with Crippen molar-refractivity contribution in [1.82, 2.24) is 19.6 Å². The molecular formula is C16H26N4O2. The maximum absolute atomic E-state index is 12.9. The Kier molecular flexibility index (Phi) is 4.23. The third kappa shape index (κ3) is 2.90. The predicted molar refractivity (Wildman–Crippen MR) is 83.6 cm³/mol. The summed E-state index contributed by atoms with van der Waals surface area (Å²) in [6.45, 7) is 4.42. The number of ether oxygens (including phenoxy) is 1. The van der Waals surface area contributed by atoms with Gasteiger partial charge in [-0.05, 0) is 44.8 Å². The SMILES string of the molecule is COCc1nn(C)cc1C(=O)N1CCC2(CCN(C)CC2)C1.